The zero-order chi connectivity index (χ0) is 17.3. The molecule has 0 fully saturated rings. The topological polar surface area (TPSA) is 60.7 Å². The third kappa shape index (κ3) is 3.27. The number of pyridine rings is 1. The minimum absolute atomic E-state index is 0.127. The number of hydrogen-bond acceptors (Lipinski definition) is 4. The van der Waals surface area contributed by atoms with Crippen LogP contribution >= 0.6 is 23.2 Å². The van der Waals surface area contributed by atoms with Crippen molar-refractivity contribution in [2.45, 2.75) is 13.5 Å². The molecule has 122 valence electrons. The van der Waals surface area contributed by atoms with Crippen LogP contribution < -0.4 is 5.56 Å². The Hall–Kier alpha value is -2.37. The van der Waals surface area contributed by atoms with Gasteiger partial charge in [0, 0.05) is 17.3 Å². The number of aryl methyl sites for hydroxylation is 1. The average molecular weight is 363 g/mol. The van der Waals surface area contributed by atoms with Crippen molar-refractivity contribution < 1.29 is 9.53 Å². The number of halogens is 2. The number of rotatable bonds is 3. The molecule has 0 aliphatic rings. The molecule has 24 heavy (non-hydrogen) atoms. The SMILES string of the molecule is Cc1cccn2c(=O)cc(COC(=O)c3ccc(Cl)cc3Cl)nc12. The molecule has 0 radical (unpaired) electrons. The smallest absolute Gasteiger partial charge is 0.340 e. The van der Waals surface area contributed by atoms with Gasteiger partial charge in [0.1, 0.15) is 12.3 Å². The normalized spacial score (nSPS) is 10.8. The van der Waals surface area contributed by atoms with Gasteiger partial charge in [0.15, 0.2) is 0 Å². The van der Waals surface area contributed by atoms with Gasteiger partial charge in [-0.1, -0.05) is 29.3 Å². The van der Waals surface area contributed by atoms with E-state index in [1.54, 1.807) is 18.3 Å². The van der Waals surface area contributed by atoms with Crippen LogP contribution in [0.15, 0.2) is 47.4 Å². The molecule has 2 heterocycles. The van der Waals surface area contributed by atoms with Crippen LogP contribution in [0.2, 0.25) is 10.0 Å². The van der Waals surface area contributed by atoms with E-state index in [-0.39, 0.29) is 22.8 Å². The van der Waals surface area contributed by atoms with E-state index in [0.29, 0.717) is 16.4 Å². The van der Waals surface area contributed by atoms with Gasteiger partial charge in [0.05, 0.1) is 16.3 Å². The average Bonchev–Trinajstić information content (AvgIpc) is 2.53. The molecule has 5 nitrogen and oxygen atoms in total. The van der Waals surface area contributed by atoms with E-state index in [0.717, 1.165) is 5.56 Å². The standard InChI is InChI=1S/C17H12Cl2N2O3/c1-10-3-2-6-21-15(22)8-12(20-16(10)21)9-24-17(23)13-5-4-11(18)7-14(13)19/h2-8H,9H2,1H3. The van der Waals surface area contributed by atoms with Gasteiger partial charge in [-0.3, -0.25) is 9.20 Å². The lowest BCUT2D eigenvalue weighted by atomic mass is 10.2. The Morgan fingerprint density at radius 1 is 1.25 bits per heavy atom. The van der Waals surface area contributed by atoms with Crippen molar-refractivity contribution in [3.8, 4) is 0 Å². The highest BCUT2D eigenvalue weighted by Gasteiger charge is 2.13. The molecule has 0 bridgehead atoms. The van der Waals surface area contributed by atoms with Gasteiger partial charge in [-0.15, -0.1) is 0 Å². The van der Waals surface area contributed by atoms with Gasteiger partial charge in [-0.2, -0.15) is 0 Å². The number of carbonyl (C=O) groups is 1. The molecule has 0 amide bonds. The van der Waals surface area contributed by atoms with Gasteiger partial charge in [0.2, 0.25) is 0 Å². The van der Waals surface area contributed by atoms with Crippen molar-refractivity contribution in [2.24, 2.45) is 0 Å². The van der Waals surface area contributed by atoms with Crippen molar-refractivity contribution in [3.63, 3.8) is 0 Å². The minimum atomic E-state index is -0.608. The molecule has 0 unspecified atom stereocenters. The summed E-state index contributed by atoms with van der Waals surface area (Å²) >= 11 is 11.8. The molecular formula is C17H12Cl2N2O3. The minimum Gasteiger partial charge on any atom is -0.456 e. The molecule has 3 aromatic rings. The Kier molecular flexibility index (Phi) is 4.55. The number of carbonyl (C=O) groups excluding carboxylic acids is 1. The van der Waals surface area contributed by atoms with Crippen LogP contribution in [0.25, 0.3) is 5.65 Å². The molecule has 1 aromatic carbocycles. The number of hydrogen-bond donors (Lipinski definition) is 0. The van der Waals surface area contributed by atoms with Crippen molar-refractivity contribution in [3.05, 3.63) is 79.8 Å². The maximum absolute atomic E-state index is 12.1. The monoisotopic (exact) mass is 362 g/mol. The van der Waals surface area contributed by atoms with Crippen LogP contribution in [0.1, 0.15) is 21.6 Å². The maximum atomic E-state index is 12.1. The van der Waals surface area contributed by atoms with Crippen molar-refractivity contribution in [2.75, 3.05) is 0 Å². The van der Waals surface area contributed by atoms with Crippen LogP contribution in [0.4, 0.5) is 0 Å². The van der Waals surface area contributed by atoms with E-state index in [1.165, 1.54) is 22.6 Å². The molecule has 3 rings (SSSR count). The highest BCUT2D eigenvalue weighted by molar-refractivity contribution is 6.36. The third-order valence-electron chi connectivity index (χ3n) is 3.44. The lowest BCUT2D eigenvalue weighted by molar-refractivity contribution is 0.0468. The molecule has 0 aliphatic carbocycles. The van der Waals surface area contributed by atoms with Crippen LogP contribution in [-0.2, 0) is 11.3 Å². The van der Waals surface area contributed by atoms with Gasteiger partial charge in [-0.05, 0) is 36.8 Å². The fourth-order valence-electron chi connectivity index (χ4n) is 2.26. The van der Waals surface area contributed by atoms with Crippen LogP contribution in [-0.4, -0.2) is 15.4 Å². The molecule has 0 saturated heterocycles. The van der Waals surface area contributed by atoms with Crippen molar-refractivity contribution in [1.82, 2.24) is 9.38 Å². The molecule has 0 N–H and O–H groups in total. The Morgan fingerprint density at radius 2 is 2.04 bits per heavy atom. The van der Waals surface area contributed by atoms with E-state index in [2.05, 4.69) is 4.98 Å². The quantitative estimate of drug-likeness (QED) is 0.667. The van der Waals surface area contributed by atoms with Crippen LogP contribution in [0.3, 0.4) is 0 Å². The van der Waals surface area contributed by atoms with Gasteiger partial charge in [0.25, 0.3) is 5.56 Å². The summed E-state index contributed by atoms with van der Waals surface area (Å²) in [6.45, 7) is 1.73. The number of fused-ring (bicyclic) bond motifs is 1. The van der Waals surface area contributed by atoms with E-state index in [4.69, 9.17) is 27.9 Å². The van der Waals surface area contributed by atoms with Crippen LogP contribution in [0, 0.1) is 6.92 Å². The molecule has 0 spiro atoms. The summed E-state index contributed by atoms with van der Waals surface area (Å²) < 4.78 is 6.64. The molecular weight excluding hydrogens is 351 g/mol. The summed E-state index contributed by atoms with van der Waals surface area (Å²) in [7, 11) is 0. The molecule has 0 aliphatic heterocycles. The Bertz CT molecular complexity index is 999. The highest BCUT2D eigenvalue weighted by Crippen LogP contribution is 2.22. The molecule has 2 aromatic heterocycles. The first-order chi connectivity index (χ1) is 11.5. The highest BCUT2D eigenvalue weighted by atomic mass is 35.5. The van der Waals surface area contributed by atoms with Crippen LogP contribution in [0.5, 0.6) is 0 Å². The number of nitrogens with zero attached hydrogens (tertiary/aromatic N) is 2. The Balaban J connectivity index is 1.84. The fraction of sp³-hybridized carbons (Fsp3) is 0.118. The van der Waals surface area contributed by atoms with E-state index in [9.17, 15) is 9.59 Å². The van der Waals surface area contributed by atoms with E-state index >= 15 is 0 Å². The zero-order valence-corrected chi connectivity index (χ0v) is 14.1. The molecule has 0 saturated carbocycles. The summed E-state index contributed by atoms with van der Waals surface area (Å²) in [5.74, 6) is -0.608. The third-order valence-corrected chi connectivity index (χ3v) is 3.99. The number of benzene rings is 1. The zero-order valence-electron chi connectivity index (χ0n) is 12.6. The summed E-state index contributed by atoms with van der Waals surface area (Å²) in [5, 5.41) is 0.631. The summed E-state index contributed by atoms with van der Waals surface area (Å²) in [6, 6.07) is 9.46. The molecule has 7 heteroatoms. The summed E-state index contributed by atoms with van der Waals surface area (Å²) in [5.41, 5.74) is 1.71. The molecule has 0 atom stereocenters. The Morgan fingerprint density at radius 3 is 2.79 bits per heavy atom. The second-order valence-corrected chi connectivity index (χ2v) is 6.01. The summed E-state index contributed by atoms with van der Waals surface area (Å²) in [6.07, 6.45) is 1.64. The predicted octanol–water partition coefficient (Wildman–Crippen LogP) is 3.67. The maximum Gasteiger partial charge on any atom is 0.340 e. The van der Waals surface area contributed by atoms with Gasteiger partial charge < -0.3 is 4.74 Å². The van der Waals surface area contributed by atoms with Gasteiger partial charge in [-0.25, -0.2) is 9.78 Å². The van der Waals surface area contributed by atoms with Gasteiger partial charge >= 0.3 is 5.97 Å². The second-order valence-electron chi connectivity index (χ2n) is 5.17. The second kappa shape index (κ2) is 6.63. The van der Waals surface area contributed by atoms with E-state index in [1.807, 2.05) is 13.0 Å². The Labute approximate surface area is 147 Å². The van der Waals surface area contributed by atoms with Crippen molar-refractivity contribution >= 4 is 34.8 Å². The largest absolute Gasteiger partial charge is 0.456 e. The number of aromatic nitrogens is 2. The number of ether oxygens (including phenoxy) is 1. The first-order valence-corrected chi connectivity index (χ1v) is 7.81. The fourth-order valence-corrected chi connectivity index (χ4v) is 2.74. The first-order valence-electron chi connectivity index (χ1n) is 7.06. The lowest BCUT2D eigenvalue weighted by Gasteiger charge is -2.08. The lowest BCUT2D eigenvalue weighted by Crippen LogP contribution is -2.17. The predicted molar refractivity (Wildman–Crippen MR) is 91.8 cm³/mol. The number of esters is 1. The first kappa shape index (κ1) is 16.5. The summed E-state index contributed by atoms with van der Waals surface area (Å²) in [4.78, 5) is 28.6. The van der Waals surface area contributed by atoms with Crippen molar-refractivity contribution in [1.29, 1.82) is 0 Å². The van der Waals surface area contributed by atoms with E-state index < -0.39 is 5.97 Å².